The summed E-state index contributed by atoms with van der Waals surface area (Å²) in [5, 5.41) is 9.85. The van der Waals surface area contributed by atoms with E-state index < -0.39 is 0 Å². The van der Waals surface area contributed by atoms with Gasteiger partial charge in [-0.1, -0.05) is 29.8 Å². The van der Waals surface area contributed by atoms with E-state index in [1.54, 1.807) is 11.0 Å². The Balaban J connectivity index is 2.15. The highest BCUT2D eigenvalue weighted by molar-refractivity contribution is 6.31. The Kier molecular flexibility index (Phi) is 3.99. The molecule has 1 aromatic carbocycles. The predicted molar refractivity (Wildman–Crippen MR) is 63.7 cm³/mol. The summed E-state index contributed by atoms with van der Waals surface area (Å²) in [5.74, 6) is -0.116. The minimum atomic E-state index is -0.285. The van der Waals surface area contributed by atoms with Crippen LogP contribution in [-0.2, 0) is 16.1 Å². The molecular formula is C12H14ClNO3. The molecular weight excluding hydrogens is 242 g/mol. The summed E-state index contributed by atoms with van der Waals surface area (Å²) >= 11 is 6.05. The molecule has 2 rings (SSSR count). The molecule has 1 atom stereocenters. The number of benzene rings is 1. The van der Waals surface area contributed by atoms with Crippen LogP contribution in [0.5, 0.6) is 0 Å². The van der Waals surface area contributed by atoms with Crippen molar-refractivity contribution in [3.05, 3.63) is 34.9 Å². The SMILES string of the molecule is O=C1COCC(CO)N1Cc1ccccc1Cl. The molecule has 0 spiro atoms. The highest BCUT2D eigenvalue weighted by Gasteiger charge is 2.28. The van der Waals surface area contributed by atoms with E-state index in [9.17, 15) is 9.90 Å². The lowest BCUT2D eigenvalue weighted by atomic mass is 10.1. The maximum absolute atomic E-state index is 11.7. The number of carbonyl (C=O) groups excluding carboxylic acids is 1. The third-order valence-corrected chi connectivity index (χ3v) is 3.17. The molecule has 1 N–H and O–H groups in total. The number of aliphatic hydroxyl groups is 1. The lowest BCUT2D eigenvalue weighted by Crippen LogP contribution is -2.50. The molecule has 0 aromatic heterocycles. The highest BCUT2D eigenvalue weighted by Crippen LogP contribution is 2.19. The van der Waals surface area contributed by atoms with Gasteiger partial charge in [0.2, 0.25) is 5.91 Å². The zero-order valence-electron chi connectivity index (χ0n) is 9.30. The number of hydrogen-bond donors (Lipinski definition) is 1. The van der Waals surface area contributed by atoms with Crippen molar-refractivity contribution in [1.82, 2.24) is 4.90 Å². The van der Waals surface area contributed by atoms with Crippen molar-refractivity contribution in [3.8, 4) is 0 Å². The van der Waals surface area contributed by atoms with Gasteiger partial charge in [-0.25, -0.2) is 0 Å². The molecule has 17 heavy (non-hydrogen) atoms. The molecule has 1 saturated heterocycles. The Bertz CT molecular complexity index is 410. The Hall–Kier alpha value is -1.10. The third-order valence-electron chi connectivity index (χ3n) is 2.81. The number of amides is 1. The summed E-state index contributed by atoms with van der Waals surface area (Å²) in [7, 11) is 0. The van der Waals surface area contributed by atoms with Crippen molar-refractivity contribution in [1.29, 1.82) is 0 Å². The standard InChI is InChI=1S/C12H14ClNO3/c13-11-4-2-1-3-9(11)5-14-10(6-15)7-17-8-12(14)16/h1-4,10,15H,5-8H2. The average molecular weight is 256 g/mol. The Labute approximate surface area is 105 Å². The number of morpholine rings is 1. The molecule has 0 bridgehead atoms. The van der Waals surface area contributed by atoms with Crippen LogP contribution in [-0.4, -0.2) is 41.8 Å². The van der Waals surface area contributed by atoms with Crippen molar-refractivity contribution in [2.24, 2.45) is 0 Å². The zero-order valence-corrected chi connectivity index (χ0v) is 10.1. The molecule has 1 aliphatic rings. The molecule has 1 fully saturated rings. The predicted octanol–water partition coefficient (Wildman–Crippen LogP) is 1.06. The van der Waals surface area contributed by atoms with Gasteiger partial charge in [-0.15, -0.1) is 0 Å². The minimum Gasteiger partial charge on any atom is -0.394 e. The summed E-state index contributed by atoms with van der Waals surface area (Å²) in [6.07, 6.45) is 0. The summed E-state index contributed by atoms with van der Waals surface area (Å²) in [6.45, 7) is 0.747. The van der Waals surface area contributed by atoms with Crippen LogP contribution >= 0.6 is 11.6 Å². The Morgan fingerprint density at radius 3 is 2.94 bits per heavy atom. The molecule has 0 aliphatic carbocycles. The van der Waals surface area contributed by atoms with Gasteiger partial charge in [0.15, 0.2) is 0 Å². The van der Waals surface area contributed by atoms with E-state index in [4.69, 9.17) is 16.3 Å². The van der Waals surface area contributed by atoms with Crippen molar-refractivity contribution < 1.29 is 14.6 Å². The van der Waals surface area contributed by atoms with Gasteiger partial charge >= 0.3 is 0 Å². The van der Waals surface area contributed by atoms with E-state index in [2.05, 4.69) is 0 Å². The molecule has 1 unspecified atom stereocenters. The monoisotopic (exact) mass is 255 g/mol. The highest BCUT2D eigenvalue weighted by atomic mass is 35.5. The number of ether oxygens (including phenoxy) is 1. The van der Waals surface area contributed by atoms with E-state index in [0.717, 1.165) is 5.56 Å². The van der Waals surface area contributed by atoms with E-state index in [-0.39, 0.29) is 25.2 Å². The second kappa shape index (κ2) is 5.49. The molecule has 4 nitrogen and oxygen atoms in total. The van der Waals surface area contributed by atoms with Gasteiger partial charge in [0.25, 0.3) is 0 Å². The smallest absolute Gasteiger partial charge is 0.249 e. The fraction of sp³-hybridized carbons (Fsp3) is 0.417. The number of nitrogens with zero attached hydrogens (tertiary/aromatic N) is 1. The van der Waals surface area contributed by atoms with Crippen LogP contribution in [0, 0.1) is 0 Å². The quantitative estimate of drug-likeness (QED) is 0.879. The first-order valence-electron chi connectivity index (χ1n) is 5.44. The fourth-order valence-electron chi connectivity index (χ4n) is 1.84. The largest absolute Gasteiger partial charge is 0.394 e. The lowest BCUT2D eigenvalue weighted by Gasteiger charge is -2.34. The van der Waals surface area contributed by atoms with Gasteiger partial charge in [-0.3, -0.25) is 4.79 Å². The van der Waals surface area contributed by atoms with E-state index >= 15 is 0 Å². The van der Waals surface area contributed by atoms with Gasteiger partial charge in [-0.2, -0.15) is 0 Å². The van der Waals surface area contributed by atoms with Crippen molar-refractivity contribution in [3.63, 3.8) is 0 Å². The van der Waals surface area contributed by atoms with Crippen molar-refractivity contribution in [2.45, 2.75) is 12.6 Å². The van der Waals surface area contributed by atoms with Gasteiger partial charge in [-0.05, 0) is 11.6 Å². The fourth-order valence-corrected chi connectivity index (χ4v) is 2.03. The van der Waals surface area contributed by atoms with Gasteiger partial charge in [0.1, 0.15) is 6.61 Å². The van der Waals surface area contributed by atoms with Crippen molar-refractivity contribution in [2.75, 3.05) is 19.8 Å². The molecule has 1 aliphatic heterocycles. The summed E-state index contributed by atoms with van der Waals surface area (Å²) < 4.78 is 5.10. The number of rotatable bonds is 3. The molecule has 0 saturated carbocycles. The molecule has 5 heteroatoms. The van der Waals surface area contributed by atoms with Crippen LogP contribution in [0.4, 0.5) is 0 Å². The van der Waals surface area contributed by atoms with Crippen LogP contribution in [0.1, 0.15) is 5.56 Å². The summed E-state index contributed by atoms with van der Waals surface area (Å²) in [5.41, 5.74) is 0.878. The van der Waals surface area contributed by atoms with Crippen LogP contribution in [0.15, 0.2) is 24.3 Å². The normalized spacial score (nSPS) is 20.7. The van der Waals surface area contributed by atoms with Crippen LogP contribution in [0.25, 0.3) is 0 Å². The van der Waals surface area contributed by atoms with Crippen molar-refractivity contribution >= 4 is 17.5 Å². The molecule has 1 heterocycles. The Morgan fingerprint density at radius 1 is 1.47 bits per heavy atom. The summed E-state index contributed by atoms with van der Waals surface area (Å²) in [4.78, 5) is 13.3. The first-order valence-corrected chi connectivity index (χ1v) is 5.81. The maximum atomic E-state index is 11.7. The molecule has 92 valence electrons. The van der Waals surface area contributed by atoms with E-state index in [1.807, 2.05) is 18.2 Å². The van der Waals surface area contributed by atoms with E-state index in [0.29, 0.717) is 18.2 Å². The number of hydrogen-bond acceptors (Lipinski definition) is 3. The lowest BCUT2D eigenvalue weighted by molar-refractivity contribution is -0.150. The number of halogens is 1. The number of aliphatic hydroxyl groups excluding tert-OH is 1. The first-order chi connectivity index (χ1) is 8.22. The van der Waals surface area contributed by atoms with Gasteiger partial charge in [0.05, 0.1) is 19.3 Å². The van der Waals surface area contributed by atoms with E-state index in [1.165, 1.54) is 0 Å². The van der Waals surface area contributed by atoms with Crippen LogP contribution in [0.2, 0.25) is 5.02 Å². The second-order valence-electron chi connectivity index (χ2n) is 3.96. The first kappa shape index (κ1) is 12.4. The van der Waals surface area contributed by atoms with Gasteiger partial charge in [0, 0.05) is 11.6 Å². The average Bonchev–Trinajstić information content (AvgIpc) is 2.34. The van der Waals surface area contributed by atoms with Crippen LogP contribution < -0.4 is 0 Å². The third kappa shape index (κ3) is 2.77. The molecule has 0 radical (unpaired) electrons. The zero-order chi connectivity index (χ0) is 12.3. The maximum Gasteiger partial charge on any atom is 0.249 e. The second-order valence-corrected chi connectivity index (χ2v) is 4.37. The minimum absolute atomic E-state index is 0.0704. The van der Waals surface area contributed by atoms with Crippen LogP contribution in [0.3, 0.4) is 0 Å². The topological polar surface area (TPSA) is 49.8 Å². The Morgan fingerprint density at radius 2 is 2.24 bits per heavy atom. The molecule has 1 aromatic rings. The van der Waals surface area contributed by atoms with Gasteiger partial charge < -0.3 is 14.7 Å². The number of carbonyl (C=O) groups is 1. The molecule has 1 amide bonds. The summed E-state index contributed by atoms with van der Waals surface area (Å²) in [6, 6.07) is 7.10.